The highest BCUT2D eigenvalue weighted by molar-refractivity contribution is 5.83. The van der Waals surface area contributed by atoms with Crippen LogP contribution < -0.4 is 0 Å². The van der Waals surface area contributed by atoms with Crippen molar-refractivity contribution in [1.82, 2.24) is 0 Å². The van der Waals surface area contributed by atoms with Crippen molar-refractivity contribution in [3.8, 4) is 0 Å². The van der Waals surface area contributed by atoms with Crippen LogP contribution in [0.25, 0.3) is 0 Å². The minimum atomic E-state index is -0.468. The van der Waals surface area contributed by atoms with E-state index in [1.165, 1.54) is 103 Å². The fraction of sp³-hybridized carbons (Fsp3) is 0.922. The summed E-state index contributed by atoms with van der Waals surface area (Å²) in [6, 6.07) is 0. The van der Waals surface area contributed by atoms with Crippen molar-refractivity contribution in [1.29, 1.82) is 0 Å². The van der Waals surface area contributed by atoms with Gasteiger partial charge in [0.2, 0.25) is 0 Å². The molecule has 0 N–H and O–H groups in total. The van der Waals surface area contributed by atoms with Gasteiger partial charge in [-0.3, -0.25) is 19.2 Å². The Morgan fingerprint density at radius 2 is 0.492 bits per heavy atom. The van der Waals surface area contributed by atoms with Gasteiger partial charge in [-0.2, -0.15) is 0 Å². The highest BCUT2D eigenvalue weighted by Gasteiger charge is 2.54. The second-order valence-corrected chi connectivity index (χ2v) is 19.0. The van der Waals surface area contributed by atoms with Gasteiger partial charge in [0, 0.05) is 0 Å². The number of esters is 4. The van der Waals surface area contributed by atoms with Crippen molar-refractivity contribution in [2.45, 2.75) is 250 Å². The number of hydrogen-bond donors (Lipinski definition) is 0. The van der Waals surface area contributed by atoms with E-state index in [-0.39, 0.29) is 48.3 Å². The van der Waals surface area contributed by atoms with Crippen molar-refractivity contribution in [2.75, 3.05) is 26.4 Å². The molecule has 0 aromatic carbocycles. The van der Waals surface area contributed by atoms with Gasteiger partial charge in [-0.1, -0.05) is 174 Å². The lowest BCUT2D eigenvalue weighted by atomic mass is 9.79. The Morgan fingerprint density at radius 3 is 0.689 bits per heavy atom. The van der Waals surface area contributed by atoms with E-state index in [0.717, 1.165) is 83.5 Å². The molecule has 4 fully saturated rings. The predicted octanol–water partition coefficient (Wildman–Crippen LogP) is 12.1. The van der Waals surface area contributed by atoms with Gasteiger partial charge in [-0.25, -0.2) is 0 Å². The highest BCUT2D eigenvalue weighted by Crippen LogP contribution is 2.45. The van der Waals surface area contributed by atoms with E-state index in [1.807, 2.05) is 0 Å². The standard InChI is InChI=1S/C51H88O10/c1-3-5-7-9-11-13-16-20-24-28-32-56-48(52)40-36-44-46(60-44)38-42(40)50(54)58-34-30-26-22-18-15-19-23-27-31-35-59-51(55)43-39-47-45(61-47)37-41(43)49(53)57-33-29-25-21-17-14-12-10-8-6-4-2/h40-47H,3-39H2,1-2H3. The summed E-state index contributed by atoms with van der Waals surface area (Å²) in [5, 5.41) is 0. The molecule has 0 bridgehead atoms. The summed E-state index contributed by atoms with van der Waals surface area (Å²) in [5.41, 5.74) is 0. The van der Waals surface area contributed by atoms with Crippen LogP contribution in [0.1, 0.15) is 226 Å². The summed E-state index contributed by atoms with van der Waals surface area (Å²) >= 11 is 0. The first-order chi connectivity index (χ1) is 29.9. The van der Waals surface area contributed by atoms with Crippen LogP contribution in [-0.2, 0) is 47.6 Å². The zero-order valence-electron chi connectivity index (χ0n) is 38.9. The van der Waals surface area contributed by atoms with E-state index in [0.29, 0.717) is 52.1 Å². The Balaban J connectivity index is 0.944. The smallest absolute Gasteiger partial charge is 0.309 e. The van der Waals surface area contributed by atoms with E-state index < -0.39 is 23.7 Å². The monoisotopic (exact) mass is 861 g/mol. The number of fused-ring (bicyclic) bond motifs is 2. The fourth-order valence-corrected chi connectivity index (χ4v) is 9.63. The average Bonchev–Trinajstić information content (AvgIpc) is 4.20. The van der Waals surface area contributed by atoms with Gasteiger partial charge >= 0.3 is 23.9 Å². The quantitative estimate of drug-likeness (QED) is 0.0256. The summed E-state index contributed by atoms with van der Waals surface area (Å²) in [5.74, 6) is -2.94. The Morgan fingerprint density at radius 1 is 0.311 bits per heavy atom. The van der Waals surface area contributed by atoms with Crippen molar-refractivity contribution >= 4 is 23.9 Å². The van der Waals surface area contributed by atoms with Crippen LogP contribution in [-0.4, -0.2) is 74.7 Å². The Bertz CT molecular complexity index is 1120. The van der Waals surface area contributed by atoms with Crippen LogP contribution >= 0.6 is 0 Å². The summed E-state index contributed by atoms with van der Waals surface area (Å²) < 4.78 is 34.0. The average molecular weight is 861 g/mol. The number of hydrogen-bond acceptors (Lipinski definition) is 10. The number of ether oxygens (including phenoxy) is 6. The molecular weight excluding hydrogens is 773 g/mol. The molecule has 2 saturated carbocycles. The normalized spacial score (nSPS) is 25.0. The zero-order valence-corrected chi connectivity index (χ0v) is 38.9. The van der Waals surface area contributed by atoms with Crippen LogP contribution in [0.4, 0.5) is 0 Å². The Kier molecular flexibility index (Phi) is 26.7. The maximum absolute atomic E-state index is 13.1. The third-order valence-corrected chi connectivity index (χ3v) is 13.8. The molecule has 4 aliphatic rings. The lowest BCUT2D eigenvalue weighted by Gasteiger charge is -2.26. The first kappa shape index (κ1) is 51.4. The maximum Gasteiger partial charge on any atom is 0.309 e. The molecule has 10 nitrogen and oxygen atoms in total. The van der Waals surface area contributed by atoms with Crippen molar-refractivity contribution < 1.29 is 47.6 Å². The maximum atomic E-state index is 13.1. The summed E-state index contributed by atoms with van der Waals surface area (Å²) in [7, 11) is 0. The highest BCUT2D eigenvalue weighted by atomic mass is 16.6. The first-order valence-corrected chi connectivity index (χ1v) is 25.9. The summed E-state index contributed by atoms with van der Waals surface area (Å²) in [6.07, 6.45) is 36.5. The second-order valence-electron chi connectivity index (χ2n) is 19.0. The van der Waals surface area contributed by atoms with Gasteiger partial charge in [-0.05, 0) is 51.4 Å². The van der Waals surface area contributed by atoms with Crippen molar-refractivity contribution in [2.24, 2.45) is 23.7 Å². The van der Waals surface area contributed by atoms with Gasteiger partial charge in [0.1, 0.15) is 0 Å². The minimum absolute atomic E-state index is 0.0787. The number of rotatable bonds is 38. The lowest BCUT2D eigenvalue weighted by Crippen LogP contribution is -2.37. The molecule has 10 heteroatoms. The predicted molar refractivity (Wildman–Crippen MR) is 239 cm³/mol. The van der Waals surface area contributed by atoms with Crippen LogP contribution in [0.5, 0.6) is 0 Å². The molecule has 2 aliphatic carbocycles. The van der Waals surface area contributed by atoms with E-state index in [9.17, 15) is 19.2 Å². The van der Waals surface area contributed by atoms with Gasteiger partial charge in [0.15, 0.2) is 0 Å². The van der Waals surface area contributed by atoms with Gasteiger partial charge in [0.05, 0.1) is 74.5 Å². The van der Waals surface area contributed by atoms with Crippen molar-refractivity contribution in [3.05, 3.63) is 0 Å². The fourth-order valence-electron chi connectivity index (χ4n) is 9.63. The van der Waals surface area contributed by atoms with Crippen LogP contribution in [0.2, 0.25) is 0 Å². The van der Waals surface area contributed by atoms with Crippen molar-refractivity contribution in [3.63, 3.8) is 0 Å². The third-order valence-electron chi connectivity index (χ3n) is 13.8. The Labute approximate surface area is 370 Å². The third kappa shape index (κ3) is 21.4. The molecule has 0 amide bonds. The number of unbranched alkanes of at least 4 members (excludes halogenated alkanes) is 26. The molecule has 2 saturated heterocycles. The van der Waals surface area contributed by atoms with Gasteiger partial charge < -0.3 is 28.4 Å². The SMILES string of the molecule is CCCCCCCCCCCCOC(=O)C1CC2OC2CC1C(=O)OCCCCCCCCCCCOC(=O)C1CC2OC2CC1C(=O)OCCCCCCCCCCCC. The van der Waals surface area contributed by atoms with E-state index >= 15 is 0 Å². The molecule has 0 spiro atoms. The van der Waals surface area contributed by atoms with E-state index in [2.05, 4.69) is 13.8 Å². The van der Waals surface area contributed by atoms with Crippen LogP contribution in [0.15, 0.2) is 0 Å². The molecule has 4 rings (SSSR count). The number of epoxide rings is 2. The first-order valence-electron chi connectivity index (χ1n) is 25.9. The molecule has 352 valence electrons. The van der Waals surface area contributed by atoms with Gasteiger partial charge in [0.25, 0.3) is 0 Å². The van der Waals surface area contributed by atoms with E-state index in [1.54, 1.807) is 0 Å². The zero-order chi connectivity index (χ0) is 43.3. The molecule has 2 aliphatic heterocycles. The number of carbonyl (C=O) groups excluding carboxylic acids is 4. The molecule has 0 aromatic rings. The van der Waals surface area contributed by atoms with Crippen LogP contribution in [0.3, 0.4) is 0 Å². The largest absolute Gasteiger partial charge is 0.465 e. The van der Waals surface area contributed by atoms with Crippen LogP contribution in [0, 0.1) is 23.7 Å². The molecule has 8 atom stereocenters. The summed E-state index contributed by atoms with van der Waals surface area (Å²) in [6.45, 7) is 6.13. The van der Waals surface area contributed by atoms with Gasteiger partial charge in [-0.15, -0.1) is 0 Å². The lowest BCUT2D eigenvalue weighted by molar-refractivity contribution is -0.162. The molecule has 0 aromatic heterocycles. The Hall–Kier alpha value is -2.20. The molecule has 8 unspecified atom stereocenters. The second kappa shape index (κ2) is 31.6. The molecule has 61 heavy (non-hydrogen) atoms. The summed E-state index contributed by atoms with van der Waals surface area (Å²) in [4.78, 5) is 52.1. The van der Waals surface area contributed by atoms with E-state index in [4.69, 9.17) is 28.4 Å². The molecule has 0 radical (unpaired) electrons. The number of carbonyl (C=O) groups is 4. The molecule has 2 heterocycles. The topological polar surface area (TPSA) is 130 Å². The molecular formula is C51H88O10. The minimum Gasteiger partial charge on any atom is -0.465 e.